The molecule has 17 heavy (non-hydrogen) atoms. The number of benzene rings is 1. The van der Waals surface area contributed by atoms with Crippen molar-refractivity contribution in [3.63, 3.8) is 0 Å². The van der Waals surface area contributed by atoms with E-state index in [1.54, 1.807) is 4.90 Å². The van der Waals surface area contributed by atoms with Gasteiger partial charge in [-0.3, -0.25) is 4.79 Å². The van der Waals surface area contributed by atoms with E-state index in [0.717, 1.165) is 5.56 Å². The van der Waals surface area contributed by atoms with E-state index < -0.39 is 0 Å². The van der Waals surface area contributed by atoms with Crippen LogP contribution < -0.4 is 0 Å². The van der Waals surface area contributed by atoms with E-state index in [1.165, 1.54) is 0 Å². The lowest BCUT2D eigenvalue weighted by Gasteiger charge is -2.34. The zero-order valence-corrected chi connectivity index (χ0v) is 10.6. The first-order chi connectivity index (χ1) is 8.22. The molecule has 1 aliphatic heterocycles. The quantitative estimate of drug-likeness (QED) is 0.756. The summed E-state index contributed by atoms with van der Waals surface area (Å²) in [5, 5.41) is 0. The number of morpholine rings is 1. The molecule has 4 heteroatoms. The molecule has 0 N–H and O–H groups in total. The number of rotatable bonds is 2. The van der Waals surface area contributed by atoms with Crippen LogP contribution in [0.15, 0.2) is 24.3 Å². The van der Waals surface area contributed by atoms with E-state index in [1.807, 2.05) is 31.2 Å². The Kier molecular flexibility index (Phi) is 4.02. The number of alkyl halides is 1. The van der Waals surface area contributed by atoms with Crippen molar-refractivity contribution in [3.05, 3.63) is 35.4 Å². The minimum Gasteiger partial charge on any atom is -0.377 e. The minimum absolute atomic E-state index is 0.0146. The van der Waals surface area contributed by atoms with Crippen LogP contribution in [0.1, 0.15) is 15.9 Å². The van der Waals surface area contributed by atoms with E-state index in [9.17, 15) is 4.79 Å². The minimum atomic E-state index is -0.0146. The summed E-state index contributed by atoms with van der Waals surface area (Å²) in [6.45, 7) is 3.74. The van der Waals surface area contributed by atoms with Crippen LogP contribution in [0.2, 0.25) is 0 Å². The van der Waals surface area contributed by atoms with Gasteiger partial charge in [-0.05, 0) is 19.1 Å². The van der Waals surface area contributed by atoms with Gasteiger partial charge in [0.25, 0.3) is 5.91 Å². The number of hydrogen-bond acceptors (Lipinski definition) is 2. The molecule has 3 nitrogen and oxygen atoms in total. The molecule has 1 aromatic carbocycles. The number of carbonyl (C=O) groups excluding carboxylic acids is 1. The SMILES string of the molecule is Cc1ccc(C(=O)N2CCOCC2CCl)cc1. The van der Waals surface area contributed by atoms with E-state index in [2.05, 4.69) is 0 Å². The van der Waals surface area contributed by atoms with Gasteiger partial charge in [0.2, 0.25) is 0 Å². The second kappa shape index (κ2) is 5.52. The summed E-state index contributed by atoms with van der Waals surface area (Å²) in [6, 6.07) is 7.60. The highest BCUT2D eigenvalue weighted by atomic mass is 35.5. The predicted molar refractivity (Wildman–Crippen MR) is 67.5 cm³/mol. The Labute approximate surface area is 106 Å². The van der Waals surface area contributed by atoms with Crippen molar-refractivity contribution in [1.29, 1.82) is 0 Å². The molecule has 0 spiro atoms. The lowest BCUT2D eigenvalue weighted by atomic mass is 10.1. The van der Waals surface area contributed by atoms with Crippen LogP contribution in [0.25, 0.3) is 0 Å². The van der Waals surface area contributed by atoms with Crippen LogP contribution in [0.3, 0.4) is 0 Å². The van der Waals surface area contributed by atoms with Gasteiger partial charge < -0.3 is 9.64 Å². The molecule has 0 radical (unpaired) electrons. The van der Waals surface area contributed by atoms with Crippen LogP contribution in [-0.2, 0) is 4.74 Å². The second-order valence-corrected chi connectivity index (χ2v) is 4.56. The number of ether oxygens (including phenoxy) is 1. The highest BCUT2D eigenvalue weighted by Crippen LogP contribution is 2.14. The van der Waals surface area contributed by atoms with Crippen molar-refractivity contribution in [3.8, 4) is 0 Å². The number of carbonyl (C=O) groups is 1. The second-order valence-electron chi connectivity index (χ2n) is 4.25. The zero-order valence-electron chi connectivity index (χ0n) is 9.86. The third-order valence-corrected chi connectivity index (χ3v) is 3.32. The van der Waals surface area contributed by atoms with Gasteiger partial charge >= 0.3 is 0 Å². The van der Waals surface area contributed by atoms with Crippen molar-refractivity contribution < 1.29 is 9.53 Å². The van der Waals surface area contributed by atoms with E-state index in [0.29, 0.717) is 31.2 Å². The average molecular weight is 254 g/mol. The van der Waals surface area contributed by atoms with Gasteiger partial charge in [0.1, 0.15) is 0 Å². The summed E-state index contributed by atoms with van der Waals surface area (Å²) in [7, 11) is 0. The van der Waals surface area contributed by atoms with Crippen LogP contribution in [0.4, 0.5) is 0 Å². The Morgan fingerprint density at radius 2 is 2.18 bits per heavy atom. The molecule has 1 amide bonds. The highest BCUT2D eigenvalue weighted by Gasteiger charge is 2.27. The summed E-state index contributed by atoms with van der Waals surface area (Å²) < 4.78 is 5.33. The molecule has 1 atom stereocenters. The van der Waals surface area contributed by atoms with Gasteiger partial charge in [0.05, 0.1) is 19.3 Å². The standard InChI is InChI=1S/C13H16ClNO2/c1-10-2-4-11(5-3-10)13(16)15-6-7-17-9-12(15)8-14/h2-5,12H,6-9H2,1H3. The Morgan fingerprint density at radius 1 is 1.47 bits per heavy atom. The zero-order chi connectivity index (χ0) is 12.3. The van der Waals surface area contributed by atoms with Crippen molar-refractivity contribution in [2.45, 2.75) is 13.0 Å². The molecule has 1 heterocycles. The fourth-order valence-corrected chi connectivity index (χ4v) is 2.17. The summed E-state index contributed by atoms with van der Waals surface area (Å²) in [5.74, 6) is 0.455. The number of hydrogen-bond donors (Lipinski definition) is 0. The first-order valence-electron chi connectivity index (χ1n) is 5.73. The Bertz CT molecular complexity index is 391. The Balaban J connectivity index is 2.15. The molecule has 0 aliphatic carbocycles. The molecule has 0 aromatic heterocycles. The maximum absolute atomic E-state index is 12.3. The lowest BCUT2D eigenvalue weighted by Crippen LogP contribution is -2.49. The number of amides is 1. The van der Waals surface area contributed by atoms with Gasteiger partial charge in [-0.1, -0.05) is 17.7 Å². The number of halogens is 1. The van der Waals surface area contributed by atoms with Crippen molar-refractivity contribution in [2.75, 3.05) is 25.6 Å². The predicted octanol–water partition coefficient (Wildman–Crippen LogP) is 2.07. The third kappa shape index (κ3) is 2.79. The first kappa shape index (κ1) is 12.4. The molecular weight excluding hydrogens is 238 g/mol. The smallest absolute Gasteiger partial charge is 0.254 e. The van der Waals surface area contributed by atoms with Crippen LogP contribution in [-0.4, -0.2) is 42.5 Å². The fourth-order valence-electron chi connectivity index (χ4n) is 1.91. The first-order valence-corrected chi connectivity index (χ1v) is 6.27. The normalized spacial score (nSPS) is 20.4. The molecule has 1 aromatic rings. The highest BCUT2D eigenvalue weighted by molar-refractivity contribution is 6.18. The summed E-state index contributed by atoms with van der Waals surface area (Å²) in [5.41, 5.74) is 1.87. The summed E-state index contributed by atoms with van der Waals surface area (Å²) in [4.78, 5) is 14.1. The van der Waals surface area contributed by atoms with E-state index >= 15 is 0 Å². The number of aryl methyl sites for hydroxylation is 1. The van der Waals surface area contributed by atoms with Crippen LogP contribution >= 0.6 is 11.6 Å². The maximum atomic E-state index is 12.3. The monoisotopic (exact) mass is 253 g/mol. The van der Waals surface area contributed by atoms with Gasteiger partial charge in [-0.2, -0.15) is 0 Å². The number of nitrogens with zero attached hydrogens (tertiary/aromatic N) is 1. The molecule has 1 aliphatic rings. The van der Waals surface area contributed by atoms with Crippen LogP contribution in [0, 0.1) is 6.92 Å². The molecule has 1 unspecified atom stereocenters. The fraction of sp³-hybridized carbons (Fsp3) is 0.462. The van der Waals surface area contributed by atoms with E-state index in [4.69, 9.17) is 16.3 Å². The van der Waals surface area contributed by atoms with Gasteiger partial charge in [-0.25, -0.2) is 0 Å². The molecular formula is C13H16ClNO2. The molecule has 1 saturated heterocycles. The third-order valence-electron chi connectivity index (χ3n) is 2.97. The maximum Gasteiger partial charge on any atom is 0.254 e. The molecule has 1 fully saturated rings. The van der Waals surface area contributed by atoms with Gasteiger partial charge in [-0.15, -0.1) is 11.6 Å². The molecule has 2 rings (SSSR count). The van der Waals surface area contributed by atoms with Gasteiger partial charge in [0, 0.05) is 18.0 Å². The lowest BCUT2D eigenvalue weighted by molar-refractivity contribution is 0.00456. The summed E-state index contributed by atoms with van der Waals surface area (Å²) >= 11 is 5.86. The Hall–Kier alpha value is -1.06. The van der Waals surface area contributed by atoms with E-state index in [-0.39, 0.29) is 11.9 Å². The van der Waals surface area contributed by atoms with Crippen LogP contribution in [0.5, 0.6) is 0 Å². The van der Waals surface area contributed by atoms with Crippen molar-refractivity contribution in [2.24, 2.45) is 0 Å². The summed E-state index contributed by atoms with van der Waals surface area (Å²) in [6.07, 6.45) is 0. The molecule has 92 valence electrons. The average Bonchev–Trinajstić information content (AvgIpc) is 2.39. The van der Waals surface area contributed by atoms with Crippen molar-refractivity contribution in [1.82, 2.24) is 4.90 Å². The van der Waals surface area contributed by atoms with Gasteiger partial charge in [0.15, 0.2) is 0 Å². The molecule has 0 bridgehead atoms. The van der Waals surface area contributed by atoms with Crippen molar-refractivity contribution >= 4 is 17.5 Å². The molecule has 0 saturated carbocycles. The Morgan fingerprint density at radius 3 is 2.82 bits per heavy atom. The topological polar surface area (TPSA) is 29.5 Å². The largest absolute Gasteiger partial charge is 0.377 e.